The average molecular weight is 187 g/mol. The highest BCUT2D eigenvalue weighted by Gasteiger charge is 2.34. The summed E-state index contributed by atoms with van der Waals surface area (Å²) in [5.74, 6) is 0.133. The van der Waals surface area contributed by atoms with Crippen LogP contribution in [0.5, 0.6) is 0 Å². The molecule has 76 valence electrons. The van der Waals surface area contributed by atoms with Gasteiger partial charge in [0.25, 0.3) is 0 Å². The first kappa shape index (κ1) is 10.6. The van der Waals surface area contributed by atoms with Gasteiger partial charge in [0.1, 0.15) is 12.0 Å². The average Bonchev–Trinajstić information content (AvgIpc) is 1.93. The van der Waals surface area contributed by atoms with Gasteiger partial charge in [0.05, 0.1) is 6.54 Å². The quantitative estimate of drug-likeness (QED) is 0.728. The number of carbonyl (C=O) groups excluding carboxylic acids is 1. The fraction of sp³-hybridized carbons (Fsp3) is 0.900. The van der Waals surface area contributed by atoms with E-state index < -0.39 is 6.17 Å². The zero-order chi connectivity index (χ0) is 10.1. The van der Waals surface area contributed by atoms with Gasteiger partial charge in [0.15, 0.2) is 0 Å². The lowest BCUT2D eigenvalue weighted by Crippen LogP contribution is -2.43. The zero-order valence-electron chi connectivity index (χ0n) is 8.56. The molecule has 0 atom stereocenters. The predicted octanol–water partition coefficient (Wildman–Crippen LogP) is 1.69. The summed E-state index contributed by atoms with van der Waals surface area (Å²) < 4.78 is 12.4. The lowest BCUT2D eigenvalue weighted by atomic mass is 9.80. The van der Waals surface area contributed by atoms with Crippen molar-refractivity contribution in [3.8, 4) is 0 Å². The number of hydrogen-bond acceptors (Lipinski definition) is 2. The molecule has 0 unspecified atom stereocenters. The van der Waals surface area contributed by atoms with Gasteiger partial charge in [0, 0.05) is 11.5 Å². The molecule has 0 spiro atoms. The van der Waals surface area contributed by atoms with Crippen molar-refractivity contribution in [3.05, 3.63) is 0 Å². The molecule has 1 saturated carbocycles. The fourth-order valence-corrected chi connectivity index (χ4v) is 1.31. The number of nitrogens with one attached hydrogen (secondary N) is 1. The smallest absolute Gasteiger partial charge is 0.149 e. The zero-order valence-corrected chi connectivity index (χ0v) is 8.56. The highest BCUT2D eigenvalue weighted by atomic mass is 19.1. The molecule has 2 nitrogen and oxygen atoms in total. The maximum atomic E-state index is 12.4. The third kappa shape index (κ3) is 3.43. The predicted molar refractivity (Wildman–Crippen MR) is 50.4 cm³/mol. The highest BCUT2D eigenvalue weighted by molar-refractivity contribution is 5.83. The molecule has 1 aliphatic rings. The molecule has 0 saturated heterocycles. The molecule has 0 amide bonds. The number of alkyl halides is 1. The van der Waals surface area contributed by atoms with E-state index in [-0.39, 0.29) is 17.2 Å². The molecule has 0 bridgehead atoms. The number of Topliss-reactive ketones (excluding diaryl/α,β-unsaturated/α-hetero) is 1. The Balaban J connectivity index is 2.19. The number of carbonyl (C=O) groups is 1. The lowest BCUT2D eigenvalue weighted by Gasteiger charge is -2.29. The monoisotopic (exact) mass is 187 g/mol. The van der Waals surface area contributed by atoms with Crippen LogP contribution in [0.3, 0.4) is 0 Å². The van der Waals surface area contributed by atoms with Crippen molar-refractivity contribution in [1.29, 1.82) is 0 Å². The standard InChI is InChI=1S/C10H18FNO/c1-10(2,3)12-6-9(13)7-4-8(11)5-7/h7-8,12H,4-6H2,1-3H3. The van der Waals surface area contributed by atoms with Crippen LogP contribution in [0, 0.1) is 5.92 Å². The molecule has 0 aromatic rings. The van der Waals surface area contributed by atoms with Crippen molar-refractivity contribution in [2.75, 3.05) is 6.54 Å². The topological polar surface area (TPSA) is 29.1 Å². The summed E-state index contributed by atoms with van der Waals surface area (Å²) >= 11 is 0. The molecule has 0 heterocycles. The van der Waals surface area contributed by atoms with Gasteiger partial charge in [-0.2, -0.15) is 0 Å². The Morgan fingerprint density at radius 1 is 1.46 bits per heavy atom. The number of ketones is 1. The van der Waals surface area contributed by atoms with E-state index in [2.05, 4.69) is 5.32 Å². The SMILES string of the molecule is CC(C)(C)NCC(=O)C1CC(F)C1. The minimum Gasteiger partial charge on any atom is -0.305 e. The molecular formula is C10H18FNO. The van der Waals surface area contributed by atoms with E-state index >= 15 is 0 Å². The van der Waals surface area contributed by atoms with Gasteiger partial charge in [-0.3, -0.25) is 4.79 Å². The lowest BCUT2D eigenvalue weighted by molar-refractivity contribution is -0.126. The van der Waals surface area contributed by atoms with E-state index in [0.717, 1.165) is 0 Å². The van der Waals surface area contributed by atoms with Crippen LogP contribution in [-0.2, 0) is 4.79 Å². The summed E-state index contributed by atoms with van der Waals surface area (Å²) in [7, 11) is 0. The first-order valence-electron chi connectivity index (χ1n) is 4.80. The minimum atomic E-state index is -0.733. The third-order valence-corrected chi connectivity index (χ3v) is 2.33. The van der Waals surface area contributed by atoms with Gasteiger partial charge >= 0.3 is 0 Å². The normalized spacial score (nSPS) is 28.3. The largest absolute Gasteiger partial charge is 0.305 e. The van der Waals surface area contributed by atoms with E-state index in [0.29, 0.717) is 19.4 Å². The Morgan fingerprint density at radius 2 is 2.00 bits per heavy atom. The Kier molecular flexibility index (Phi) is 3.06. The first-order chi connectivity index (χ1) is 5.88. The maximum Gasteiger partial charge on any atom is 0.149 e. The van der Waals surface area contributed by atoms with Crippen molar-refractivity contribution in [2.45, 2.75) is 45.3 Å². The first-order valence-corrected chi connectivity index (χ1v) is 4.80. The Bertz CT molecular complexity index is 192. The van der Waals surface area contributed by atoms with Crippen molar-refractivity contribution in [3.63, 3.8) is 0 Å². The fourth-order valence-electron chi connectivity index (χ4n) is 1.31. The van der Waals surface area contributed by atoms with Gasteiger partial charge in [-0.1, -0.05) is 0 Å². The molecule has 3 heteroatoms. The molecule has 0 aliphatic heterocycles. The van der Waals surface area contributed by atoms with E-state index in [9.17, 15) is 9.18 Å². The molecular weight excluding hydrogens is 169 g/mol. The molecule has 0 aromatic carbocycles. The summed E-state index contributed by atoms with van der Waals surface area (Å²) in [5, 5.41) is 3.11. The number of halogens is 1. The second-order valence-electron chi connectivity index (χ2n) is 4.84. The number of hydrogen-bond donors (Lipinski definition) is 1. The second kappa shape index (κ2) is 3.74. The van der Waals surface area contributed by atoms with E-state index in [1.165, 1.54) is 0 Å². The van der Waals surface area contributed by atoms with Crippen molar-refractivity contribution in [1.82, 2.24) is 5.32 Å². The van der Waals surface area contributed by atoms with Crippen molar-refractivity contribution < 1.29 is 9.18 Å². The Labute approximate surface area is 78.9 Å². The van der Waals surface area contributed by atoms with Gasteiger partial charge in [-0.05, 0) is 33.6 Å². The summed E-state index contributed by atoms with van der Waals surface area (Å²) in [6, 6.07) is 0. The summed E-state index contributed by atoms with van der Waals surface area (Å²) in [5.41, 5.74) is -0.0332. The van der Waals surface area contributed by atoms with Crippen LogP contribution in [0.2, 0.25) is 0 Å². The van der Waals surface area contributed by atoms with Crippen LogP contribution in [0.25, 0.3) is 0 Å². The van der Waals surface area contributed by atoms with E-state index in [1.54, 1.807) is 0 Å². The van der Waals surface area contributed by atoms with E-state index in [1.807, 2.05) is 20.8 Å². The van der Waals surface area contributed by atoms with Crippen LogP contribution < -0.4 is 5.32 Å². The molecule has 13 heavy (non-hydrogen) atoms. The van der Waals surface area contributed by atoms with Gasteiger partial charge in [-0.25, -0.2) is 4.39 Å². The Hall–Kier alpha value is -0.440. The second-order valence-corrected chi connectivity index (χ2v) is 4.84. The molecule has 1 aliphatic carbocycles. The minimum absolute atomic E-state index is 0.0233. The molecule has 1 N–H and O–H groups in total. The van der Waals surface area contributed by atoms with Gasteiger partial charge in [0.2, 0.25) is 0 Å². The summed E-state index contributed by atoms with van der Waals surface area (Å²) in [6.45, 7) is 6.41. The highest BCUT2D eigenvalue weighted by Crippen LogP contribution is 2.30. The molecule has 0 radical (unpaired) electrons. The van der Waals surface area contributed by atoms with Crippen LogP contribution in [0.15, 0.2) is 0 Å². The van der Waals surface area contributed by atoms with Crippen molar-refractivity contribution >= 4 is 5.78 Å². The number of rotatable bonds is 3. The van der Waals surface area contributed by atoms with Crippen LogP contribution in [0.4, 0.5) is 4.39 Å². The van der Waals surface area contributed by atoms with Gasteiger partial charge in [-0.15, -0.1) is 0 Å². The van der Waals surface area contributed by atoms with Crippen LogP contribution in [0.1, 0.15) is 33.6 Å². The summed E-state index contributed by atoms with van der Waals surface area (Å²) in [6.07, 6.45) is 0.138. The molecule has 0 aromatic heterocycles. The van der Waals surface area contributed by atoms with E-state index in [4.69, 9.17) is 0 Å². The molecule has 1 rings (SSSR count). The van der Waals surface area contributed by atoms with Crippen LogP contribution in [-0.4, -0.2) is 24.0 Å². The van der Waals surface area contributed by atoms with Crippen molar-refractivity contribution in [2.24, 2.45) is 5.92 Å². The van der Waals surface area contributed by atoms with Crippen LogP contribution >= 0.6 is 0 Å². The Morgan fingerprint density at radius 3 is 2.38 bits per heavy atom. The molecule has 1 fully saturated rings. The third-order valence-electron chi connectivity index (χ3n) is 2.33. The van der Waals surface area contributed by atoms with Gasteiger partial charge < -0.3 is 5.32 Å². The summed E-state index contributed by atoms with van der Waals surface area (Å²) in [4.78, 5) is 11.4. The maximum absolute atomic E-state index is 12.4.